The van der Waals surface area contributed by atoms with Crippen LogP contribution < -0.4 is 9.64 Å². The lowest BCUT2D eigenvalue weighted by atomic mass is 10.1. The number of aryl methyl sites for hydroxylation is 2. The van der Waals surface area contributed by atoms with Gasteiger partial charge in [0.1, 0.15) is 11.0 Å². The van der Waals surface area contributed by atoms with Crippen LogP contribution in [0.25, 0.3) is 10.2 Å². The van der Waals surface area contributed by atoms with Crippen molar-refractivity contribution in [2.45, 2.75) is 36.8 Å². The van der Waals surface area contributed by atoms with Gasteiger partial charge in [0.2, 0.25) is 11.8 Å². The number of amides is 2. The molecule has 0 N–H and O–H groups in total. The van der Waals surface area contributed by atoms with E-state index in [0.29, 0.717) is 12.3 Å². The molecule has 1 aliphatic heterocycles. The number of fused-ring (bicyclic) bond motifs is 1. The summed E-state index contributed by atoms with van der Waals surface area (Å²) < 4.78 is 7.33. The molecule has 1 saturated heterocycles. The molecule has 0 aliphatic carbocycles. The molecule has 0 unspecified atom stereocenters. The fourth-order valence-electron chi connectivity index (χ4n) is 3.14. The summed E-state index contributed by atoms with van der Waals surface area (Å²) in [4.78, 5) is 31.4. The van der Waals surface area contributed by atoms with E-state index >= 15 is 0 Å². The van der Waals surface area contributed by atoms with Crippen molar-refractivity contribution in [2.75, 3.05) is 11.5 Å². The van der Waals surface area contributed by atoms with E-state index in [4.69, 9.17) is 4.74 Å². The van der Waals surface area contributed by atoms with Gasteiger partial charge in [0.15, 0.2) is 4.34 Å². The van der Waals surface area contributed by atoms with Crippen LogP contribution in [0.1, 0.15) is 24.5 Å². The summed E-state index contributed by atoms with van der Waals surface area (Å²) in [6.07, 6.45) is 0.191. The Morgan fingerprint density at radius 2 is 2.00 bits per heavy atom. The van der Waals surface area contributed by atoms with Crippen molar-refractivity contribution in [3.8, 4) is 5.75 Å². The zero-order valence-electron chi connectivity index (χ0n) is 15.9. The van der Waals surface area contributed by atoms with Gasteiger partial charge in [-0.3, -0.25) is 9.59 Å². The van der Waals surface area contributed by atoms with Crippen molar-refractivity contribution in [1.82, 2.24) is 4.98 Å². The molecule has 0 bridgehead atoms. The van der Waals surface area contributed by atoms with Gasteiger partial charge in [0.25, 0.3) is 0 Å². The Bertz CT molecular complexity index is 1080. The third-order valence-corrected chi connectivity index (χ3v) is 7.05. The van der Waals surface area contributed by atoms with Crippen molar-refractivity contribution in [1.29, 1.82) is 0 Å². The molecule has 144 valence electrons. The number of thioether (sulfide) groups is 1. The second-order valence-corrected chi connectivity index (χ2v) is 9.17. The van der Waals surface area contributed by atoms with Crippen molar-refractivity contribution in [2.24, 2.45) is 0 Å². The van der Waals surface area contributed by atoms with Crippen LogP contribution in [-0.2, 0) is 9.59 Å². The summed E-state index contributed by atoms with van der Waals surface area (Å²) in [6, 6.07) is 11.4. The molecule has 7 heteroatoms. The summed E-state index contributed by atoms with van der Waals surface area (Å²) in [5.41, 5.74) is 3.71. The third-order valence-electron chi connectivity index (χ3n) is 4.75. The predicted octanol–water partition coefficient (Wildman–Crippen LogP) is 4.74. The number of hydrogen-bond donors (Lipinski definition) is 0. The van der Waals surface area contributed by atoms with Crippen LogP contribution in [0.4, 0.5) is 5.69 Å². The molecule has 1 aromatic heterocycles. The molecular formula is C21H20N2O3S2. The molecule has 2 aromatic carbocycles. The van der Waals surface area contributed by atoms with E-state index in [9.17, 15) is 9.59 Å². The molecule has 2 amide bonds. The fraction of sp³-hybridized carbons (Fsp3) is 0.286. The highest BCUT2D eigenvalue weighted by molar-refractivity contribution is 8.02. The maximum Gasteiger partial charge on any atom is 0.247 e. The normalized spacial score (nSPS) is 17.0. The predicted molar refractivity (Wildman–Crippen MR) is 113 cm³/mol. The van der Waals surface area contributed by atoms with Crippen molar-refractivity contribution in [3.05, 3.63) is 47.5 Å². The molecule has 1 atom stereocenters. The number of ether oxygens (including phenoxy) is 1. The van der Waals surface area contributed by atoms with Gasteiger partial charge in [-0.2, -0.15) is 0 Å². The van der Waals surface area contributed by atoms with Crippen LogP contribution in [0.5, 0.6) is 5.75 Å². The molecule has 0 saturated carbocycles. The molecule has 5 nitrogen and oxygen atoms in total. The topological polar surface area (TPSA) is 59.5 Å². The standard InChI is InChI=1S/C21H20N2O3S2/c1-4-26-15-7-8-16-17(10-15)27-21(22-16)28-18-11-19(24)23(20(18)25)14-6-5-12(2)13(3)9-14/h5-10,18H,4,11H2,1-3H3/t18-/m1/s1. The Labute approximate surface area is 171 Å². The molecule has 3 aromatic rings. The van der Waals surface area contributed by atoms with Gasteiger partial charge >= 0.3 is 0 Å². The minimum atomic E-state index is -0.443. The molecule has 0 spiro atoms. The monoisotopic (exact) mass is 412 g/mol. The average Bonchev–Trinajstić information content (AvgIpc) is 3.18. The summed E-state index contributed by atoms with van der Waals surface area (Å²) in [5.74, 6) is 0.473. The van der Waals surface area contributed by atoms with Crippen LogP contribution in [-0.4, -0.2) is 28.7 Å². The number of nitrogens with zero attached hydrogens (tertiary/aromatic N) is 2. The number of anilines is 1. The highest BCUT2D eigenvalue weighted by Gasteiger charge is 2.40. The molecule has 2 heterocycles. The van der Waals surface area contributed by atoms with Gasteiger partial charge in [-0.05, 0) is 62.2 Å². The number of aromatic nitrogens is 1. The number of hydrogen-bond acceptors (Lipinski definition) is 6. The second-order valence-electron chi connectivity index (χ2n) is 6.69. The molecule has 0 radical (unpaired) electrons. The maximum absolute atomic E-state index is 12.9. The number of thiazole rings is 1. The molecule has 4 rings (SSSR count). The summed E-state index contributed by atoms with van der Waals surface area (Å²) in [7, 11) is 0. The lowest BCUT2D eigenvalue weighted by Gasteiger charge is -2.16. The summed E-state index contributed by atoms with van der Waals surface area (Å²) in [5, 5.41) is -0.443. The number of carbonyl (C=O) groups excluding carboxylic acids is 2. The third kappa shape index (κ3) is 3.52. The van der Waals surface area contributed by atoms with E-state index in [1.807, 2.05) is 57.2 Å². The van der Waals surface area contributed by atoms with Gasteiger partial charge in [-0.25, -0.2) is 9.88 Å². The Morgan fingerprint density at radius 1 is 1.18 bits per heavy atom. The Balaban J connectivity index is 1.55. The van der Waals surface area contributed by atoms with Gasteiger partial charge in [0.05, 0.1) is 22.5 Å². The second kappa shape index (κ2) is 7.56. The first-order chi connectivity index (χ1) is 13.5. The van der Waals surface area contributed by atoms with Crippen LogP contribution in [0.2, 0.25) is 0 Å². The lowest BCUT2D eigenvalue weighted by Crippen LogP contribution is -2.31. The highest BCUT2D eigenvalue weighted by atomic mass is 32.2. The van der Waals surface area contributed by atoms with E-state index in [2.05, 4.69) is 4.98 Å². The maximum atomic E-state index is 12.9. The van der Waals surface area contributed by atoms with Crippen molar-refractivity contribution >= 4 is 50.8 Å². The molecule has 1 fully saturated rings. The van der Waals surface area contributed by atoms with Gasteiger partial charge in [-0.1, -0.05) is 17.8 Å². The summed E-state index contributed by atoms with van der Waals surface area (Å²) in [6.45, 7) is 6.55. The number of rotatable bonds is 5. The first-order valence-corrected chi connectivity index (χ1v) is 10.8. The number of carbonyl (C=O) groups is 2. The van der Waals surface area contributed by atoms with E-state index in [-0.39, 0.29) is 18.2 Å². The quantitative estimate of drug-likeness (QED) is 0.567. The number of benzene rings is 2. The van der Waals surface area contributed by atoms with Crippen LogP contribution in [0.15, 0.2) is 40.7 Å². The van der Waals surface area contributed by atoms with Crippen molar-refractivity contribution in [3.63, 3.8) is 0 Å². The Kier molecular flexibility index (Phi) is 5.12. The molecule has 1 aliphatic rings. The van der Waals surface area contributed by atoms with Crippen LogP contribution in [0, 0.1) is 13.8 Å². The Hall–Kier alpha value is -2.38. The minimum absolute atomic E-state index is 0.162. The van der Waals surface area contributed by atoms with Gasteiger partial charge in [-0.15, -0.1) is 11.3 Å². The van der Waals surface area contributed by atoms with Gasteiger partial charge in [0, 0.05) is 6.42 Å². The van der Waals surface area contributed by atoms with E-state index < -0.39 is 5.25 Å². The van der Waals surface area contributed by atoms with Crippen LogP contribution in [0.3, 0.4) is 0 Å². The zero-order chi connectivity index (χ0) is 19.8. The van der Waals surface area contributed by atoms with Gasteiger partial charge < -0.3 is 4.74 Å². The Morgan fingerprint density at radius 3 is 2.75 bits per heavy atom. The zero-order valence-corrected chi connectivity index (χ0v) is 17.5. The first-order valence-electron chi connectivity index (χ1n) is 9.10. The van der Waals surface area contributed by atoms with E-state index in [1.165, 1.54) is 28.0 Å². The minimum Gasteiger partial charge on any atom is -0.494 e. The van der Waals surface area contributed by atoms with E-state index in [1.54, 1.807) is 0 Å². The largest absolute Gasteiger partial charge is 0.494 e. The molecular weight excluding hydrogens is 392 g/mol. The first kappa shape index (κ1) is 19.0. The summed E-state index contributed by atoms with van der Waals surface area (Å²) >= 11 is 2.89. The highest BCUT2D eigenvalue weighted by Crippen LogP contribution is 2.38. The van der Waals surface area contributed by atoms with E-state index in [0.717, 1.165) is 31.4 Å². The SMILES string of the molecule is CCOc1ccc2nc(S[C@@H]3CC(=O)N(c4ccc(C)c(C)c4)C3=O)sc2c1. The smallest absolute Gasteiger partial charge is 0.247 e. The number of imide groups is 1. The average molecular weight is 413 g/mol. The van der Waals surface area contributed by atoms with Crippen LogP contribution >= 0.6 is 23.1 Å². The lowest BCUT2D eigenvalue weighted by molar-refractivity contribution is -0.121. The molecule has 28 heavy (non-hydrogen) atoms. The fourth-order valence-corrected chi connectivity index (χ4v) is 5.51. The van der Waals surface area contributed by atoms with Crippen molar-refractivity contribution < 1.29 is 14.3 Å².